The Hall–Kier alpha value is -0.340. The molecule has 0 amide bonds. The molecule has 0 spiro atoms. The summed E-state index contributed by atoms with van der Waals surface area (Å²) in [6.45, 7) is 5.54. The van der Waals surface area contributed by atoms with Crippen LogP contribution in [0.1, 0.15) is 33.6 Å². The number of allylic oxidation sites excluding steroid dienone is 1. The molecule has 0 aromatic rings. The maximum absolute atomic E-state index is 9.71. The summed E-state index contributed by atoms with van der Waals surface area (Å²) < 4.78 is 0. The largest absolute Gasteiger partial charge is 0.390 e. The maximum Gasteiger partial charge on any atom is 0.0751 e. The van der Waals surface area contributed by atoms with Crippen LogP contribution in [0.25, 0.3) is 0 Å². The molecule has 1 rings (SSSR count). The van der Waals surface area contributed by atoms with Gasteiger partial charge < -0.3 is 10.2 Å². The van der Waals surface area contributed by atoms with Gasteiger partial charge in [0.05, 0.1) is 11.7 Å². The summed E-state index contributed by atoms with van der Waals surface area (Å²) in [5, 5.41) is 19.2. The van der Waals surface area contributed by atoms with Gasteiger partial charge in [-0.05, 0) is 45.1 Å². The Balaban J connectivity index is 2.65. The molecule has 2 heteroatoms. The van der Waals surface area contributed by atoms with Gasteiger partial charge in [0.15, 0.2) is 0 Å². The van der Waals surface area contributed by atoms with Crippen molar-refractivity contribution < 1.29 is 10.2 Å². The van der Waals surface area contributed by atoms with E-state index in [2.05, 4.69) is 0 Å². The van der Waals surface area contributed by atoms with Gasteiger partial charge in [-0.25, -0.2) is 0 Å². The van der Waals surface area contributed by atoms with Gasteiger partial charge in [0.2, 0.25) is 0 Å². The summed E-state index contributed by atoms with van der Waals surface area (Å²) in [6, 6.07) is 0. The molecule has 0 aliphatic heterocycles. The second kappa shape index (κ2) is 3.19. The summed E-state index contributed by atoms with van der Waals surface area (Å²) in [4.78, 5) is 0. The number of aliphatic hydroxyl groups is 2. The Bertz CT molecular complexity index is 189. The van der Waals surface area contributed by atoms with E-state index in [9.17, 15) is 10.2 Å². The van der Waals surface area contributed by atoms with E-state index < -0.39 is 5.60 Å². The Morgan fingerprint density at radius 3 is 2.50 bits per heavy atom. The summed E-state index contributed by atoms with van der Waals surface area (Å²) in [7, 11) is 0. The molecular weight excluding hydrogens is 152 g/mol. The zero-order valence-corrected chi connectivity index (χ0v) is 8.04. The fourth-order valence-electron chi connectivity index (χ4n) is 1.59. The van der Waals surface area contributed by atoms with E-state index in [1.165, 1.54) is 0 Å². The summed E-state index contributed by atoms with van der Waals surface area (Å²) in [5.74, 6) is 0.191. The van der Waals surface area contributed by atoms with Crippen molar-refractivity contribution in [3.63, 3.8) is 0 Å². The van der Waals surface area contributed by atoms with Crippen LogP contribution in [0.15, 0.2) is 11.6 Å². The van der Waals surface area contributed by atoms with E-state index in [4.69, 9.17) is 0 Å². The monoisotopic (exact) mass is 170 g/mol. The topological polar surface area (TPSA) is 40.5 Å². The Morgan fingerprint density at radius 2 is 2.08 bits per heavy atom. The molecule has 0 aromatic heterocycles. The molecule has 0 bridgehead atoms. The number of aliphatic hydroxyl groups excluding tert-OH is 1. The van der Waals surface area contributed by atoms with Gasteiger partial charge in [-0.3, -0.25) is 0 Å². The number of hydrogen-bond donors (Lipinski definition) is 2. The van der Waals surface area contributed by atoms with Crippen LogP contribution in [0.4, 0.5) is 0 Å². The fourth-order valence-corrected chi connectivity index (χ4v) is 1.59. The summed E-state index contributed by atoms with van der Waals surface area (Å²) >= 11 is 0. The highest BCUT2D eigenvalue weighted by molar-refractivity contribution is 5.10. The first-order valence-electron chi connectivity index (χ1n) is 4.48. The molecule has 0 fully saturated rings. The first-order valence-corrected chi connectivity index (χ1v) is 4.48. The standard InChI is InChI=1S/C10H18O2/c1-7-4-5-8(6-9(7)11)10(2,3)12/h4,8-9,11-12H,5-6H2,1-3H3/t8-,9-/m0/s1. The molecule has 2 nitrogen and oxygen atoms in total. The molecule has 1 aliphatic carbocycles. The molecule has 0 saturated heterocycles. The van der Waals surface area contributed by atoms with Crippen LogP contribution in [0.5, 0.6) is 0 Å². The summed E-state index contributed by atoms with van der Waals surface area (Å²) in [5.41, 5.74) is 0.369. The lowest BCUT2D eigenvalue weighted by atomic mass is 9.78. The van der Waals surface area contributed by atoms with Crippen LogP contribution in [0.2, 0.25) is 0 Å². The molecule has 12 heavy (non-hydrogen) atoms. The van der Waals surface area contributed by atoms with Crippen molar-refractivity contribution in [1.82, 2.24) is 0 Å². The van der Waals surface area contributed by atoms with E-state index >= 15 is 0 Å². The molecule has 2 N–H and O–H groups in total. The van der Waals surface area contributed by atoms with E-state index in [0.717, 1.165) is 12.0 Å². The predicted molar refractivity (Wildman–Crippen MR) is 48.8 cm³/mol. The molecular formula is C10H18O2. The highest BCUT2D eigenvalue weighted by atomic mass is 16.3. The fraction of sp³-hybridized carbons (Fsp3) is 0.800. The molecule has 1 aliphatic rings. The minimum atomic E-state index is -0.668. The molecule has 0 unspecified atom stereocenters. The predicted octanol–water partition coefficient (Wildman–Crippen LogP) is 1.47. The Kier molecular flexibility index (Phi) is 2.59. The SMILES string of the molecule is CC1=CC[C@H](C(C)(C)O)C[C@@H]1O. The third-order valence-corrected chi connectivity index (χ3v) is 2.76. The van der Waals surface area contributed by atoms with Crippen LogP contribution in [0, 0.1) is 5.92 Å². The highest BCUT2D eigenvalue weighted by Crippen LogP contribution is 2.31. The van der Waals surface area contributed by atoms with Crippen LogP contribution < -0.4 is 0 Å². The first-order chi connectivity index (χ1) is 5.41. The van der Waals surface area contributed by atoms with Gasteiger partial charge in [-0.2, -0.15) is 0 Å². The highest BCUT2D eigenvalue weighted by Gasteiger charge is 2.30. The lowest BCUT2D eigenvalue weighted by Crippen LogP contribution is -2.35. The third kappa shape index (κ3) is 2.08. The molecule has 70 valence electrons. The Labute approximate surface area is 73.9 Å². The van der Waals surface area contributed by atoms with Gasteiger partial charge in [-0.1, -0.05) is 6.08 Å². The quantitative estimate of drug-likeness (QED) is 0.585. The number of rotatable bonds is 1. The lowest BCUT2D eigenvalue weighted by Gasteiger charge is -2.33. The first kappa shape index (κ1) is 9.75. The smallest absolute Gasteiger partial charge is 0.0751 e. The zero-order valence-electron chi connectivity index (χ0n) is 8.04. The normalized spacial score (nSPS) is 31.6. The van der Waals surface area contributed by atoms with Gasteiger partial charge in [0, 0.05) is 0 Å². The van der Waals surface area contributed by atoms with E-state index in [-0.39, 0.29) is 12.0 Å². The van der Waals surface area contributed by atoms with Crippen molar-refractivity contribution >= 4 is 0 Å². The van der Waals surface area contributed by atoms with Crippen molar-refractivity contribution in [3.8, 4) is 0 Å². The zero-order chi connectivity index (χ0) is 9.35. The minimum absolute atomic E-state index is 0.191. The van der Waals surface area contributed by atoms with Crippen LogP contribution in [0.3, 0.4) is 0 Å². The van der Waals surface area contributed by atoms with Gasteiger partial charge >= 0.3 is 0 Å². The summed E-state index contributed by atoms with van der Waals surface area (Å²) in [6.07, 6.45) is 3.24. The van der Waals surface area contributed by atoms with Gasteiger partial charge in [0.1, 0.15) is 0 Å². The van der Waals surface area contributed by atoms with Crippen molar-refractivity contribution in [2.24, 2.45) is 5.92 Å². The molecule has 0 aromatic carbocycles. The number of hydrogen-bond acceptors (Lipinski definition) is 2. The molecule has 2 atom stereocenters. The maximum atomic E-state index is 9.71. The third-order valence-electron chi connectivity index (χ3n) is 2.76. The lowest BCUT2D eigenvalue weighted by molar-refractivity contribution is -0.00548. The van der Waals surface area contributed by atoms with Gasteiger partial charge in [0.25, 0.3) is 0 Å². The van der Waals surface area contributed by atoms with E-state index in [1.54, 1.807) is 13.8 Å². The van der Waals surface area contributed by atoms with E-state index in [1.807, 2.05) is 13.0 Å². The second-order valence-electron chi connectivity index (χ2n) is 4.29. The van der Waals surface area contributed by atoms with Crippen molar-refractivity contribution in [2.45, 2.75) is 45.3 Å². The van der Waals surface area contributed by atoms with E-state index in [0.29, 0.717) is 6.42 Å². The Morgan fingerprint density at radius 1 is 1.50 bits per heavy atom. The molecule has 0 saturated carbocycles. The van der Waals surface area contributed by atoms with Crippen molar-refractivity contribution in [2.75, 3.05) is 0 Å². The van der Waals surface area contributed by atoms with Crippen LogP contribution in [-0.2, 0) is 0 Å². The van der Waals surface area contributed by atoms with Crippen molar-refractivity contribution in [1.29, 1.82) is 0 Å². The average Bonchev–Trinajstić information content (AvgIpc) is 1.92. The van der Waals surface area contributed by atoms with Crippen LogP contribution in [-0.4, -0.2) is 21.9 Å². The minimum Gasteiger partial charge on any atom is -0.390 e. The van der Waals surface area contributed by atoms with Crippen molar-refractivity contribution in [3.05, 3.63) is 11.6 Å². The van der Waals surface area contributed by atoms with Gasteiger partial charge in [-0.15, -0.1) is 0 Å². The molecule has 0 radical (unpaired) electrons. The van der Waals surface area contributed by atoms with Crippen LogP contribution >= 0.6 is 0 Å². The second-order valence-corrected chi connectivity index (χ2v) is 4.29. The average molecular weight is 170 g/mol. The molecule has 0 heterocycles.